The summed E-state index contributed by atoms with van der Waals surface area (Å²) in [5.41, 5.74) is 3.54. The van der Waals surface area contributed by atoms with Gasteiger partial charge in [-0.25, -0.2) is 4.79 Å². The average Bonchev–Trinajstić information content (AvgIpc) is 3.28. The number of allylic oxidation sites excluding steroid dienone is 2. The number of nitrogens with zero attached hydrogens (tertiary/aromatic N) is 1. The highest BCUT2D eigenvalue weighted by Gasteiger charge is 2.57. The van der Waals surface area contributed by atoms with Crippen molar-refractivity contribution in [3.63, 3.8) is 0 Å². The Morgan fingerprint density at radius 3 is 2.37 bits per heavy atom. The van der Waals surface area contributed by atoms with Crippen molar-refractivity contribution in [3.05, 3.63) is 118 Å². The van der Waals surface area contributed by atoms with Crippen LogP contribution in [0.25, 0.3) is 0 Å². The number of fused-ring (bicyclic) bond motifs is 8. The standard InChI is InChI=1S/C40H50N2O4/c1-28(2)41-38(45)42(26-30-13-7-5-8-14-30)27-40(46)23-21-36-34-20-18-31(25-35(34)37(44)32-15-9-6-10-16-32)24-33(43)19-17-29(3)12-11-22-39(36,40)4/h5-10,12-16,18,20,25,28,33,36,43,46H,11,17,19,21-24,26-27H2,1-4H3,(H,41,45). The predicted octanol–water partition coefficient (Wildman–Crippen LogP) is 7.58. The topological polar surface area (TPSA) is 89.9 Å². The van der Waals surface area contributed by atoms with Gasteiger partial charge in [0.2, 0.25) is 0 Å². The Morgan fingerprint density at radius 1 is 0.978 bits per heavy atom. The first-order valence-corrected chi connectivity index (χ1v) is 16.9. The second kappa shape index (κ2) is 14.4. The predicted molar refractivity (Wildman–Crippen MR) is 184 cm³/mol. The Hall–Kier alpha value is -3.74. The van der Waals surface area contributed by atoms with Crippen LogP contribution < -0.4 is 5.32 Å². The van der Waals surface area contributed by atoms with Crippen molar-refractivity contribution in [3.8, 4) is 0 Å². The zero-order valence-electron chi connectivity index (χ0n) is 27.8. The quantitative estimate of drug-likeness (QED) is 0.187. The highest BCUT2D eigenvalue weighted by molar-refractivity contribution is 6.10. The van der Waals surface area contributed by atoms with Crippen molar-refractivity contribution in [2.75, 3.05) is 6.54 Å². The number of ketones is 1. The van der Waals surface area contributed by atoms with Gasteiger partial charge in [0.25, 0.3) is 0 Å². The molecule has 6 rings (SSSR count). The number of aliphatic hydroxyl groups is 2. The highest BCUT2D eigenvalue weighted by Crippen LogP contribution is 2.59. The van der Waals surface area contributed by atoms with Gasteiger partial charge < -0.3 is 20.4 Å². The van der Waals surface area contributed by atoms with Gasteiger partial charge in [0.1, 0.15) is 0 Å². The lowest BCUT2D eigenvalue weighted by molar-refractivity contribution is -0.0781. The van der Waals surface area contributed by atoms with Gasteiger partial charge in [-0.2, -0.15) is 0 Å². The molecule has 0 saturated heterocycles. The third-order valence-electron chi connectivity index (χ3n) is 10.3. The minimum Gasteiger partial charge on any atom is -0.393 e. The smallest absolute Gasteiger partial charge is 0.317 e. The van der Waals surface area contributed by atoms with Crippen LogP contribution in [0, 0.1) is 5.41 Å². The van der Waals surface area contributed by atoms with E-state index in [1.165, 1.54) is 5.57 Å². The fourth-order valence-electron chi connectivity index (χ4n) is 7.60. The molecule has 3 aromatic rings. The number of hydrogen-bond acceptors (Lipinski definition) is 4. The van der Waals surface area contributed by atoms with E-state index >= 15 is 0 Å². The molecule has 1 saturated carbocycles. The van der Waals surface area contributed by atoms with Crippen LogP contribution in [-0.2, 0) is 13.0 Å². The van der Waals surface area contributed by atoms with Gasteiger partial charge in [-0.15, -0.1) is 0 Å². The van der Waals surface area contributed by atoms with Gasteiger partial charge in [-0.3, -0.25) is 4.79 Å². The fourth-order valence-corrected chi connectivity index (χ4v) is 7.60. The van der Waals surface area contributed by atoms with E-state index in [1.54, 1.807) is 4.90 Å². The molecule has 4 unspecified atom stereocenters. The molecule has 244 valence electrons. The zero-order chi connectivity index (χ0) is 32.9. The van der Waals surface area contributed by atoms with Crippen molar-refractivity contribution in [2.24, 2.45) is 5.41 Å². The van der Waals surface area contributed by atoms with Crippen LogP contribution in [0.5, 0.6) is 0 Å². The van der Waals surface area contributed by atoms with E-state index in [0.29, 0.717) is 49.8 Å². The molecule has 2 amide bonds. The number of carbonyl (C=O) groups is 2. The lowest BCUT2D eigenvalue weighted by Gasteiger charge is -2.46. The molecule has 0 heterocycles. The molecule has 3 aliphatic rings. The molecule has 3 aliphatic carbocycles. The summed E-state index contributed by atoms with van der Waals surface area (Å²) >= 11 is 0. The van der Waals surface area contributed by atoms with E-state index in [0.717, 1.165) is 29.5 Å². The zero-order valence-corrected chi connectivity index (χ0v) is 27.8. The first-order chi connectivity index (χ1) is 22.0. The largest absolute Gasteiger partial charge is 0.393 e. The maximum Gasteiger partial charge on any atom is 0.317 e. The first-order valence-electron chi connectivity index (χ1n) is 16.9. The maximum absolute atomic E-state index is 14.1. The van der Waals surface area contributed by atoms with E-state index in [4.69, 9.17) is 0 Å². The minimum absolute atomic E-state index is 0.0432. The van der Waals surface area contributed by atoms with E-state index in [9.17, 15) is 19.8 Å². The summed E-state index contributed by atoms with van der Waals surface area (Å²) < 4.78 is 0. The van der Waals surface area contributed by atoms with Crippen LogP contribution >= 0.6 is 0 Å². The van der Waals surface area contributed by atoms with Gasteiger partial charge in [0, 0.05) is 29.1 Å². The van der Waals surface area contributed by atoms with Gasteiger partial charge >= 0.3 is 6.03 Å². The molecule has 4 atom stereocenters. The number of nitrogens with one attached hydrogen (secondary N) is 1. The summed E-state index contributed by atoms with van der Waals surface area (Å²) in [6.07, 6.45) is 6.32. The SMILES string of the molecule is CC1=CCCC2(C)C(CCC2(O)CN(Cc2ccccc2)C(=O)NC(C)C)c2ccc(cc2C(=O)c2ccccc2)CC(O)CC1. The van der Waals surface area contributed by atoms with Crippen LogP contribution in [0.2, 0.25) is 0 Å². The minimum atomic E-state index is -1.19. The average molecular weight is 623 g/mol. The van der Waals surface area contributed by atoms with Crippen LogP contribution in [0.3, 0.4) is 0 Å². The third-order valence-corrected chi connectivity index (χ3v) is 10.3. The van der Waals surface area contributed by atoms with E-state index in [1.807, 2.05) is 86.6 Å². The van der Waals surface area contributed by atoms with E-state index < -0.39 is 17.1 Å². The molecular weight excluding hydrogens is 572 g/mol. The van der Waals surface area contributed by atoms with Crippen molar-refractivity contribution in [1.82, 2.24) is 10.2 Å². The lowest BCUT2D eigenvalue weighted by Crippen LogP contribution is -2.55. The Morgan fingerprint density at radius 2 is 1.67 bits per heavy atom. The van der Waals surface area contributed by atoms with Crippen molar-refractivity contribution in [1.29, 1.82) is 0 Å². The maximum atomic E-state index is 14.1. The number of carbonyl (C=O) groups excluding carboxylic acids is 2. The molecular formula is C40H50N2O4. The summed E-state index contributed by atoms with van der Waals surface area (Å²) in [6, 6.07) is 25.1. The van der Waals surface area contributed by atoms with Crippen LogP contribution in [-0.4, -0.2) is 51.2 Å². The number of aliphatic hydroxyl groups excluding tert-OH is 1. The Labute approximate surface area is 274 Å². The van der Waals surface area contributed by atoms with E-state index in [-0.39, 0.29) is 30.3 Å². The molecule has 6 nitrogen and oxygen atoms in total. The van der Waals surface area contributed by atoms with Crippen LogP contribution in [0.1, 0.15) is 105 Å². The summed E-state index contributed by atoms with van der Waals surface area (Å²) in [5, 5.41) is 26.8. The highest BCUT2D eigenvalue weighted by atomic mass is 16.3. The molecule has 6 heteroatoms. The summed E-state index contributed by atoms with van der Waals surface area (Å²) in [4.78, 5) is 29.5. The molecule has 0 radical (unpaired) electrons. The first kappa shape index (κ1) is 33.6. The molecule has 1 fully saturated rings. The van der Waals surface area contributed by atoms with Gasteiger partial charge in [-0.05, 0) is 94.4 Å². The van der Waals surface area contributed by atoms with Gasteiger partial charge in [-0.1, -0.05) is 91.4 Å². The normalized spacial score (nSPS) is 25.0. The summed E-state index contributed by atoms with van der Waals surface area (Å²) in [6.45, 7) is 8.73. The number of hydrogen-bond donors (Lipinski definition) is 3. The van der Waals surface area contributed by atoms with E-state index in [2.05, 4.69) is 31.3 Å². The number of rotatable bonds is 7. The lowest BCUT2D eigenvalue weighted by atomic mass is 9.64. The summed E-state index contributed by atoms with van der Waals surface area (Å²) in [5.74, 6) is -0.155. The van der Waals surface area contributed by atoms with Crippen LogP contribution in [0.15, 0.2) is 90.5 Å². The Bertz CT molecular complexity index is 1540. The Kier molecular flexibility index (Phi) is 10.5. The monoisotopic (exact) mass is 622 g/mol. The molecule has 3 aromatic carbocycles. The van der Waals surface area contributed by atoms with Crippen molar-refractivity contribution >= 4 is 11.8 Å². The van der Waals surface area contributed by atoms with Crippen molar-refractivity contribution in [2.45, 2.75) is 103 Å². The third kappa shape index (κ3) is 7.45. The molecule has 46 heavy (non-hydrogen) atoms. The molecule has 0 spiro atoms. The molecule has 2 bridgehead atoms. The molecule has 3 N–H and O–H groups in total. The second-order valence-electron chi connectivity index (χ2n) is 14.1. The molecule has 0 aliphatic heterocycles. The number of amides is 2. The van der Waals surface area contributed by atoms with Gasteiger partial charge in [0.05, 0.1) is 18.2 Å². The molecule has 0 aromatic heterocycles. The Balaban J connectivity index is 1.59. The second-order valence-corrected chi connectivity index (χ2v) is 14.1. The number of urea groups is 1. The van der Waals surface area contributed by atoms with Crippen LogP contribution in [0.4, 0.5) is 4.79 Å². The van der Waals surface area contributed by atoms with Crippen molar-refractivity contribution < 1.29 is 19.8 Å². The summed E-state index contributed by atoms with van der Waals surface area (Å²) in [7, 11) is 0. The van der Waals surface area contributed by atoms with Gasteiger partial charge in [0.15, 0.2) is 5.78 Å². The fraction of sp³-hybridized carbons (Fsp3) is 0.450. The number of benzene rings is 3.